The van der Waals surface area contributed by atoms with E-state index in [9.17, 15) is 0 Å². The third-order valence-electron chi connectivity index (χ3n) is 2.85. The highest BCUT2D eigenvalue weighted by Gasteiger charge is 2.10. The quantitative estimate of drug-likeness (QED) is 0.602. The number of nitrogens with zero attached hydrogens (tertiary/aromatic N) is 3. The fourth-order valence-electron chi connectivity index (χ4n) is 1.77. The number of hydrogen-bond acceptors (Lipinski definition) is 6. The van der Waals surface area contributed by atoms with Crippen LogP contribution < -0.4 is 11.1 Å². The van der Waals surface area contributed by atoms with Gasteiger partial charge < -0.3 is 11.1 Å². The molecule has 92 valence electrons. The highest BCUT2D eigenvalue weighted by molar-refractivity contribution is 5.94. The number of aromatic amines is 1. The molecule has 3 rings (SSSR count). The number of nitrogens with one attached hydrogen (secondary N) is 2. The molecule has 0 unspecified atom stereocenters. The summed E-state index contributed by atoms with van der Waals surface area (Å²) in [6.07, 6.45) is 1.79. The van der Waals surface area contributed by atoms with Crippen molar-refractivity contribution in [2.75, 3.05) is 11.1 Å². The predicted octanol–water partition coefficient (Wildman–Crippen LogP) is 1.45. The smallest absolute Gasteiger partial charge is 0.160 e. The van der Waals surface area contributed by atoms with Crippen LogP contribution in [0.2, 0.25) is 0 Å². The first-order valence-electron chi connectivity index (χ1n) is 5.49. The Hall–Kier alpha value is -2.57. The van der Waals surface area contributed by atoms with Crippen LogP contribution in [0.15, 0.2) is 23.0 Å². The lowest BCUT2D eigenvalue weighted by Gasteiger charge is -2.06. The van der Waals surface area contributed by atoms with E-state index in [0.717, 1.165) is 16.9 Å². The molecule has 18 heavy (non-hydrogen) atoms. The first-order valence-corrected chi connectivity index (χ1v) is 5.49. The summed E-state index contributed by atoms with van der Waals surface area (Å²) in [6.45, 7) is 2.62. The first kappa shape index (κ1) is 10.6. The molecule has 2 aromatic heterocycles. The van der Waals surface area contributed by atoms with Crippen molar-refractivity contribution in [2.45, 2.75) is 13.5 Å². The number of H-pyrrole nitrogens is 1. The number of nitrogens with two attached hydrogens (primary N) is 1. The minimum Gasteiger partial charge on any atom is -0.397 e. The van der Waals surface area contributed by atoms with Crippen LogP contribution in [0.25, 0.3) is 11.0 Å². The number of fused-ring (bicyclic) bond motifs is 1. The Labute approximate surface area is 102 Å². The van der Waals surface area contributed by atoms with E-state index < -0.39 is 0 Å². The molecule has 0 radical (unpaired) electrons. The van der Waals surface area contributed by atoms with E-state index in [1.807, 2.05) is 13.0 Å². The SMILES string of the molecule is Cc1[nH]ncc1CNc1ccc(N)c2nonc12. The fourth-order valence-corrected chi connectivity index (χ4v) is 1.77. The zero-order chi connectivity index (χ0) is 12.5. The number of hydrogen-bond donors (Lipinski definition) is 3. The van der Waals surface area contributed by atoms with Crippen LogP contribution in [0, 0.1) is 6.92 Å². The van der Waals surface area contributed by atoms with E-state index >= 15 is 0 Å². The summed E-state index contributed by atoms with van der Waals surface area (Å²) in [5, 5.41) is 17.7. The van der Waals surface area contributed by atoms with Gasteiger partial charge in [0.2, 0.25) is 0 Å². The maximum Gasteiger partial charge on any atom is 0.160 e. The molecule has 7 heteroatoms. The molecule has 0 saturated heterocycles. The number of nitrogen functional groups attached to an aromatic ring is 1. The topological polar surface area (TPSA) is 106 Å². The summed E-state index contributed by atoms with van der Waals surface area (Å²) in [5.41, 5.74) is 10.5. The molecule has 3 aromatic rings. The second-order valence-corrected chi connectivity index (χ2v) is 4.04. The summed E-state index contributed by atoms with van der Waals surface area (Å²) >= 11 is 0. The van der Waals surface area contributed by atoms with Crippen LogP contribution in [-0.4, -0.2) is 20.5 Å². The van der Waals surface area contributed by atoms with Crippen molar-refractivity contribution < 1.29 is 4.63 Å². The van der Waals surface area contributed by atoms with E-state index in [1.54, 1.807) is 12.3 Å². The summed E-state index contributed by atoms with van der Waals surface area (Å²) in [5.74, 6) is 0. The van der Waals surface area contributed by atoms with Gasteiger partial charge in [-0.15, -0.1) is 0 Å². The van der Waals surface area contributed by atoms with Gasteiger partial charge >= 0.3 is 0 Å². The van der Waals surface area contributed by atoms with Gasteiger partial charge in [-0.05, 0) is 29.4 Å². The van der Waals surface area contributed by atoms with Crippen LogP contribution >= 0.6 is 0 Å². The van der Waals surface area contributed by atoms with Gasteiger partial charge in [0, 0.05) is 17.8 Å². The monoisotopic (exact) mass is 244 g/mol. The maximum atomic E-state index is 5.78. The molecule has 0 amide bonds. The zero-order valence-corrected chi connectivity index (χ0v) is 9.77. The molecule has 0 aliphatic heterocycles. The first-order chi connectivity index (χ1) is 8.75. The van der Waals surface area contributed by atoms with Gasteiger partial charge in [-0.3, -0.25) is 5.10 Å². The fraction of sp³-hybridized carbons (Fsp3) is 0.182. The largest absolute Gasteiger partial charge is 0.397 e. The third-order valence-corrected chi connectivity index (χ3v) is 2.85. The van der Waals surface area contributed by atoms with Crippen molar-refractivity contribution in [1.29, 1.82) is 0 Å². The summed E-state index contributed by atoms with van der Waals surface area (Å²) < 4.78 is 4.71. The van der Waals surface area contributed by atoms with Gasteiger partial charge in [-0.1, -0.05) is 0 Å². The number of aryl methyl sites for hydroxylation is 1. The molecule has 0 atom stereocenters. The summed E-state index contributed by atoms with van der Waals surface area (Å²) in [7, 11) is 0. The van der Waals surface area contributed by atoms with Crippen LogP contribution in [0.5, 0.6) is 0 Å². The van der Waals surface area contributed by atoms with Gasteiger partial charge in [0.05, 0.1) is 17.6 Å². The summed E-state index contributed by atoms with van der Waals surface area (Å²) in [6, 6.07) is 3.63. The number of benzene rings is 1. The minimum absolute atomic E-state index is 0.552. The van der Waals surface area contributed by atoms with Crippen molar-refractivity contribution in [1.82, 2.24) is 20.5 Å². The van der Waals surface area contributed by atoms with Gasteiger partial charge in [0.25, 0.3) is 0 Å². The highest BCUT2D eigenvalue weighted by atomic mass is 16.6. The highest BCUT2D eigenvalue weighted by Crippen LogP contribution is 2.25. The van der Waals surface area contributed by atoms with Crippen LogP contribution in [0.1, 0.15) is 11.3 Å². The Morgan fingerprint density at radius 3 is 2.94 bits per heavy atom. The van der Waals surface area contributed by atoms with E-state index in [4.69, 9.17) is 10.4 Å². The average molecular weight is 244 g/mol. The minimum atomic E-state index is 0.552. The lowest BCUT2D eigenvalue weighted by atomic mass is 10.2. The van der Waals surface area contributed by atoms with E-state index in [0.29, 0.717) is 23.3 Å². The molecule has 7 nitrogen and oxygen atoms in total. The van der Waals surface area contributed by atoms with Gasteiger partial charge in [-0.2, -0.15) is 5.10 Å². The Morgan fingerprint density at radius 2 is 2.17 bits per heavy atom. The van der Waals surface area contributed by atoms with E-state index in [1.165, 1.54) is 0 Å². The molecule has 0 fully saturated rings. The molecule has 0 aliphatic rings. The lowest BCUT2D eigenvalue weighted by molar-refractivity contribution is 0.316. The van der Waals surface area contributed by atoms with Crippen molar-refractivity contribution in [3.63, 3.8) is 0 Å². The molecule has 0 bridgehead atoms. The van der Waals surface area contributed by atoms with Crippen molar-refractivity contribution in [3.05, 3.63) is 29.6 Å². The van der Waals surface area contributed by atoms with Gasteiger partial charge in [0.15, 0.2) is 11.0 Å². The molecule has 4 N–H and O–H groups in total. The standard InChI is InChI=1S/C11H12N6O/c1-6-7(5-14-15-6)4-13-9-3-2-8(12)10-11(9)17-18-16-10/h2-3,5,13H,4,12H2,1H3,(H,14,15). The van der Waals surface area contributed by atoms with Crippen LogP contribution in [0.3, 0.4) is 0 Å². The third kappa shape index (κ3) is 1.65. The Kier molecular flexibility index (Phi) is 2.36. The lowest BCUT2D eigenvalue weighted by Crippen LogP contribution is -2.01. The number of anilines is 2. The van der Waals surface area contributed by atoms with Crippen molar-refractivity contribution in [3.8, 4) is 0 Å². The summed E-state index contributed by atoms with van der Waals surface area (Å²) in [4.78, 5) is 0. The second-order valence-electron chi connectivity index (χ2n) is 4.04. The van der Waals surface area contributed by atoms with E-state index in [2.05, 4.69) is 25.8 Å². The molecule has 0 aliphatic carbocycles. The van der Waals surface area contributed by atoms with E-state index in [-0.39, 0.29) is 0 Å². The van der Waals surface area contributed by atoms with Crippen molar-refractivity contribution in [2.24, 2.45) is 0 Å². The normalized spacial score (nSPS) is 10.9. The van der Waals surface area contributed by atoms with Gasteiger partial charge in [0.1, 0.15) is 0 Å². The second kappa shape index (κ2) is 4.02. The number of rotatable bonds is 3. The molecular formula is C11H12N6O. The van der Waals surface area contributed by atoms with Crippen LogP contribution in [0.4, 0.5) is 11.4 Å². The zero-order valence-electron chi connectivity index (χ0n) is 9.77. The average Bonchev–Trinajstić information content (AvgIpc) is 2.98. The Balaban J connectivity index is 1.89. The van der Waals surface area contributed by atoms with Crippen molar-refractivity contribution >= 4 is 22.4 Å². The molecule has 2 heterocycles. The Morgan fingerprint density at radius 1 is 1.33 bits per heavy atom. The molecule has 0 spiro atoms. The number of aromatic nitrogens is 4. The Bertz CT molecular complexity index is 686. The molecular weight excluding hydrogens is 232 g/mol. The van der Waals surface area contributed by atoms with Crippen LogP contribution in [-0.2, 0) is 6.54 Å². The molecule has 1 aromatic carbocycles. The maximum absolute atomic E-state index is 5.78. The predicted molar refractivity (Wildman–Crippen MR) is 66.9 cm³/mol. The van der Waals surface area contributed by atoms with Gasteiger partial charge in [-0.25, -0.2) is 4.63 Å². The molecule has 0 saturated carbocycles.